The van der Waals surface area contributed by atoms with Crippen LogP contribution in [0.15, 0.2) is 0 Å². The van der Waals surface area contributed by atoms with Gasteiger partial charge in [0.15, 0.2) is 0 Å². The minimum Gasteiger partial charge on any atom is -0.316 e. The fourth-order valence-electron chi connectivity index (χ4n) is 3.60. The molecule has 17 heavy (non-hydrogen) atoms. The van der Waals surface area contributed by atoms with Gasteiger partial charge in [0.2, 0.25) is 0 Å². The van der Waals surface area contributed by atoms with Crippen LogP contribution in [0.2, 0.25) is 0 Å². The summed E-state index contributed by atoms with van der Waals surface area (Å²) in [6.45, 7) is 13.4. The van der Waals surface area contributed by atoms with Gasteiger partial charge >= 0.3 is 0 Å². The van der Waals surface area contributed by atoms with Gasteiger partial charge in [0.1, 0.15) is 0 Å². The molecule has 0 amide bonds. The van der Waals surface area contributed by atoms with Crippen molar-refractivity contribution in [3.05, 3.63) is 0 Å². The van der Waals surface area contributed by atoms with Crippen LogP contribution in [0.25, 0.3) is 0 Å². The predicted octanol–water partition coefficient (Wildman–Crippen LogP) is 2.60. The van der Waals surface area contributed by atoms with E-state index in [1.807, 2.05) is 0 Å². The second-order valence-corrected chi connectivity index (χ2v) is 6.83. The summed E-state index contributed by atoms with van der Waals surface area (Å²) in [5.41, 5.74) is 0. The molecule has 0 radical (unpaired) electrons. The Hall–Kier alpha value is -0.0800. The molecular weight excluding hydrogens is 208 g/mol. The van der Waals surface area contributed by atoms with Crippen LogP contribution in [0.1, 0.15) is 40.0 Å². The highest BCUT2D eigenvalue weighted by molar-refractivity contribution is 4.88. The fraction of sp³-hybridized carbons (Fsp3) is 1.00. The zero-order chi connectivity index (χ0) is 12.3. The minimum absolute atomic E-state index is 0.772. The highest BCUT2D eigenvalue weighted by atomic mass is 15.2. The zero-order valence-electron chi connectivity index (χ0n) is 11.9. The Kier molecular flexibility index (Phi) is 4.87. The van der Waals surface area contributed by atoms with Crippen LogP contribution in [0, 0.1) is 23.7 Å². The highest BCUT2D eigenvalue weighted by Crippen LogP contribution is 2.37. The molecule has 2 fully saturated rings. The average molecular weight is 238 g/mol. The van der Waals surface area contributed by atoms with E-state index in [0.29, 0.717) is 0 Å². The van der Waals surface area contributed by atoms with Gasteiger partial charge in [-0.05, 0) is 49.6 Å². The third-order valence-electron chi connectivity index (χ3n) is 4.42. The normalized spacial score (nSPS) is 31.1. The lowest BCUT2D eigenvalue weighted by Gasteiger charge is -2.22. The molecule has 0 spiro atoms. The molecule has 2 nitrogen and oxygen atoms in total. The quantitative estimate of drug-likeness (QED) is 0.765. The van der Waals surface area contributed by atoms with Crippen LogP contribution in [0.5, 0.6) is 0 Å². The van der Waals surface area contributed by atoms with Gasteiger partial charge in [0.25, 0.3) is 0 Å². The van der Waals surface area contributed by atoms with Gasteiger partial charge in [-0.2, -0.15) is 0 Å². The van der Waals surface area contributed by atoms with Crippen molar-refractivity contribution in [2.24, 2.45) is 23.7 Å². The van der Waals surface area contributed by atoms with E-state index in [0.717, 1.165) is 30.2 Å². The zero-order valence-corrected chi connectivity index (χ0v) is 11.9. The summed E-state index contributed by atoms with van der Waals surface area (Å²) in [5, 5.41) is 3.58. The molecule has 1 N–H and O–H groups in total. The van der Waals surface area contributed by atoms with Crippen LogP contribution < -0.4 is 5.32 Å². The van der Waals surface area contributed by atoms with E-state index in [-0.39, 0.29) is 0 Å². The Morgan fingerprint density at radius 1 is 1.06 bits per heavy atom. The lowest BCUT2D eigenvalue weighted by molar-refractivity contribution is 0.262. The van der Waals surface area contributed by atoms with Gasteiger partial charge in [-0.15, -0.1) is 0 Å². The largest absolute Gasteiger partial charge is 0.316 e. The molecule has 1 saturated carbocycles. The number of rotatable bonds is 6. The Morgan fingerprint density at radius 2 is 1.71 bits per heavy atom. The van der Waals surface area contributed by atoms with Gasteiger partial charge in [-0.1, -0.05) is 27.2 Å². The van der Waals surface area contributed by atoms with E-state index in [9.17, 15) is 0 Å². The predicted molar refractivity (Wildman–Crippen MR) is 74.1 cm³/mol. The molecule has 0 aromatic heterocycles. The van der Waals surface area contributed by atoms with E-state index in [1.165, 1.54) is 45.4 Å². The number of nitrogens with one attached hydrogen (secondary N) is 1. The van der Waals surface area contributed by atoms with Gasteiger partial charge < -0.3 is 10.2 Å². The second kappa shape index (κ2) is 6.19. The molecule has 1 aliphatic heterocycles. The third-order valence-corrected chi connectivity index (χ3v) is 4.42. The molecule has 0 aromatic carbocycles. The number of likely N-dealkylation sites (tertiary alicyclic amines) is 1. The number of hydrogen-bond donors (Lipinski definition) is 1. The van der Waals surface area contributed by atoms with Crippen molar-refractivity contribution in [1.29, 1.82) is 0 Å². The first-order valence-electron chi connectivity index (χ1n) is 7.58. The monoisotopic (exact) mass is 238 g/mol. The highest BCUT2D eigenvalue weighted by Gasteiger charge is 2.35. The first-order valence-corrected chi connectivity index (χ1v) is 7.58. The van der Waals surface area contributed by atoms with Gasteiger partial charge in [-0.3, -0.25) is 0 Å². The molecule has 2 heteroatoms. The van der Waals surface area contributed by atoms with E-state index in [4.69, 9.17) is 0 Å². The molecule has 0 aromatic rings. The van der Waals surface area contributed by atoms with E-state index in [2.05, 4.69) is 31.0 Å². The van der Waals surface area contributed by atoms with Crippen molar-refractivity contribution in [2.45, 2.75) is 40.0 Å². The first kappa shape index (κ1) is 13.4. The summed E-state index contributed by atoms with van der Waals surface area (Å²) < 4.78 is 0. The summed E-state index contributed by atoms with van der Waals surface area (Å²) in [6, 6.07) is 0. The third kappa shape index (κ3) is 3.96. The van der Waals surface area contributed by atoms with Gasteiger partial charge in [0.05, 0.1) is 0 Å². The maximum Gasteiger partial charge on any atom is 0.00194 e. The van der Waals surface area contributed by atoms with Gasteiger partial charge in [-0.25, -0.2) is 0 Å². The first-order chi connectivity index (χ1) is 8.15. The molecule has 3 atom stereocenters. The van der Waals surface area contributed by atoms with Crippen molar-refractivity contribution in [3.63, 3.8) is 0 Å². The maximum absolute atomic E-state index is 3.58. The SMILES string of the molecule is CC(C)CNCC(C)CN1CC2CCCC2C1. The second-order valence-electron chi connectivity index (χ2n) is 6.83. The summed E-state index contributed by atoms with van der Waals surface area (Å²) in [5.74, 6) is 3.66. The summed E-state index contributed by atoms with van der Waals surface area (Å²) in [6.07, 6.45) is 4.50. The van der Waals surface area contributed by atoms with Crippen molar-refractivity contribution >= 4 is 0 Å². The van der Waals surface area contributed by atoms with Crippen molar-refractivity contribution in [3.8, 4) is 0 Å². The van der Waals surface area contributed by atoms with E-state index in [1.54, 1.807) is 0 Å². The molecular formula is C15H30N2. The smallest absolute Gasteiger partial charge is 0.00194 e. The Balaban J connectivity index is 1.61. The number of hydrogen-bond acceptors (Lipinski definition) is 2. The molecule has 1 aliphatic carbocycles. The summed E-state index contributed by atoms with van der Waals surface area (Å²) in [4.78, 5) is 2.72. The molecule has 2 rings (SSSR count). The van der Waals surface area contributed by atoms with Crippen molar-refractivity contribution in [2.75, 3.05) is 32.7 Å². The molecule has 3 unspecified atom stereocenters. The Labute approximate surface area is 107 Å². The Bertz CT molecular complexity index is 215. The van der Waals surface area contributed by atoms with Crippen molar-refractivity contribution < 1.29 is 0 Å². The minimum atomic E-state index is 0.772. The fourth-order valence-corrected chi connectivity index (χ4v) is 3.60. The molecule has 1 saturated heterocycles. The Morgan fingerprint density at radius 3 is 2.29 bits per heavy atom. The van der Waals surface area contributed by atoms with Crippen LogP contribution in [-0.4, -0.2) is 37.6 Å². The summed E-state index contributed by atoms with van der Waals surface area (Å²) >= 11 is 0. The van der Waals surface area contributed by atoms with Crippen LogP contribution >= 0.6 is 0 Å². The van der Waals surface area contributed by atoms with E-state index < -0.39 is 0 Å². The molecule has 0 bridgehead atoms. The molecule has 1 heterocycles. The van der Waals surface area contributed by atoms with Crippen molar-refractivity contribution in [1.82, 2.24) is 10.2 Å². The lowest BCUT2D eigenvalue weighted by atomic mass is 10.0. The average Bonchev–Trinajstić information content (AvgIpc) is 2.76. The standard InChI is InChI=1S/C15H30N2/c1-12(2)7-16-8-13(3)9-17-10-14-5-4-6-15(14)11-17/h12-16H,4-11H2,1-3H3. The van der Waals surface area contributed by atoms with Crippen LogP contribution in [-0.2, 0) is 0 Å². The van der Waals surface area contributed by atoms with Gasteiger partial charge in [0, 0.05) is 19.6 Å². The maximum atomic E-state index is 3.58. The number of fused-ring (bicyclic) bond motifs is 1. The van der Waals surface area contributed by atoms with Crippen LogP contribution in [0.3, 0.4) is 0 Å². The van der Waals surface area contributed by atoms with Crippen LogP contribution in [0.4, 0.5) is 0 Å². The molecule has 100 valence electrons. The summed E-state index contributed by atoms with van der Waals surface area (Å²) in [7, 11) is 0. The lowest BCUT2D eigenvalue weighted by Crippen LogP contribution is -2.33. The van der Waals surface area contributed by atoms with E-state index >= 15 is 0 Å². The topological polar surface area (TPSA) is 15.3 Å². The number of nitrogens with zero attached hydrogens (tertiary/aromatic N) is 1. The molecule has 2 aliphatic rings.